The Hall–Kier alpha value is -1.01. The van der Waals surface area contributed by atoms with E-state index in [4.69, 9.17) is 0 Å². The number of hydrogen-bond acceptors (Lipinski definition) is 4. The van der Waals surface area contributed by atoms with Crippen molar-refractivity contribution < 1.29 is 14.8 Å². The molecule has 0 aromatic heterocycles. The first-order chi connectivity index (χ1) is 12.9. The second-order valence-corrected chi connectivity index (χ2v) is 8.11. The minimum Gasteiger partial charge on any atom is -0.426 e. The molecule has 6 heteroatoms. The Labute approximate surface area is 167 Å². The second kappa shape index (κ2) is 17.1. The van der Waals surface area contributed by atoms with Crippen molar-refractivity contribution in [1.82, 2.24) is 10.6 Å². The largest absolute Gasteiger partial charge is 0.475 e. The number of rotatable bonds is 18. The van der Waals surface area contributed by atoms with Crippen LogP contribution >= 0.6 is 0 Å². The quantitative estimate of drug-likeness (QED) is 0.214. The van der Waals surface area contributed by atoms with Gasteiger partial charge in [0.05, 0.1) is 12.5 Å². The van der Waals surface area contributed by atoms with Crippen LogP contribution in [0.5, 0.6) is 0 Å². The summed E-state index contributed by atoms with van der Waals surface area (Å²) >= 11 is 0. The molecule has 27 heavy (non-hydrogen) atoms. The smallest absolute Gasteiger partial charge is 0.426 e. The number of hydrogen-bond donors (Lipinski definition) is 4. The zero-order chi connectivity index (χ0) is 20.5. The molecule has 0 rings (SSSR count). The molecule has 0 aliphatic carbocycles. The van der Waals surface area contributed by atoms with Crippen LogP contribution < -0.4 is 10.6 Å². The molecular weight excluding hydrogens is 339 g/mol. The van der Waals surface area contributed by atoms with Crippen molar-refractivity contribution in [1.29, 1.82) is 0 Å². The molecule has 0 heterocycles. The molecule has 0 radical (unpaired) electrons. The fourth-order valence-corrected chi connectivity index (χ4v) is 3.14. The van der Waals surface area contributed by atoms with E-state index < -0.39 is 13.1 Å². The van der Waals surface area contributed by atoms with E-state index in [0.717, 1.165) is 18.5 Å². The Bertz CT molecular complexity index is 390. The van der Waals surface area contributed by atoms with Crippen molar-refractivity contribution in [2.75, 3.05) is 6.54 Å². The Morgan fingerprint density at radius 1 is 0.963 bits per heavy atom. The van der Waals surface area contributed by atoms with Gasteiger partial charge in [0.15, 0.2) is 0 Å². The van der Waals surface area contributed by atoms with E-state index in [2.05, 4.69) is 24.1 Å². The highest BCUT2D eigenvalue weighted by Crippen LogP contribution is 2.12. The SMILES string of the molecule is C=C(CCCCCCCCCCCC)NCC(=O)NC(CC(C)C)B(O)O. The average Bonchev–Trinajstić information content (AvgIpc) is 2.60. The lowest BCUT2D eigenvalue weighted by Gasteiger charge is -2.20. The van der Waals surface area contributed by atoms with E-state index in [1.54, 1.807) is 0 Å². The van der Waals surface area contributed by atoms with E-state index in [0.29, 0.717) is 6.42 Å². The summed E-state index contributed by atoms with van der Waals surface area (Å²) < 4.78 is 0. The summed E-state index contributed by atoms with van der Waals surface area (Å²) in [5, 5.41) is 24.4. The Kier molecular flexibility index (Phi) is 16.5. The van der Waals surface area contributed by atoms with Crippen LogP contribution in [0, 0.1) is 5.92 Å². The van der Waals surface area contributed by atoms with E-state index in [1.807, 2.05) is 13.8 Å². The van der Waals surface area contributed by atoms with Crippen LogP contribution in [0.25, 0.3) is 0 Å². The summed E-state index contributed by atoms with van der Waals surface area (Å²) in [6, 6.07) is 0. The van der Waals surface area contributed by atoms with Crippen LogP contribution in [-0.4, -0.2) is 35.6 Å². The predicted molar refractivity (Wildman–Crippen MR) is 115 cm³/mol. The molecule has 1 amide bonds. The molecule has 5 nitrogen and oxygen atoms in total. The number of carbonyl (C=O) groups is 1. The normalized spacial score (nSPS) is 12.1. The molecule has 1 atom stereocenters. The molecule has 4 N–H and O–H groups in total. The Morgan fingerprint density at radius 3 is 1.96 bits per heavy atom. The maximum Gasteiger partial charge on any atom is 0.475 e. The van der Waals surface area contributed by atoms with Crippen molar-refractivity contribution in [3.8, 4) is 0 Å². The summed E-state index contributed by atoms with van der Waals surface area (Å²) in [6.45, 7) is 10.3. The molecule has 1 unspecified atom stereocenters. The summed E-state index contributed by atoms with van der Waals surface area (Å²) in [7, 11) is -1.54. The third-order valence-corrected chi connectivity index (χ3v) is 4.76. The van der Waals surface area contributed by atoms with E-state index in [-0.39, 0.29) is 18.4 Å². The van der Waals surface area contributed by atoms with Gasteiger partial charge in [-0.1, -0.05) is 85.1 Å². The Balaban J connectivity index is 3.66. The van der Waals surface area contributed by atoms with Gasteiger partial charge in [-0.15, -0.1) is 0 Å². The van der Waals surface area contributed by atoms with Crippen LogP contribution in [0.15, 0.2) is 12.3 Å². The van der Waals surface area contributed by atoms with Crippen LogP contribution in [-0.2, 0) is 4.79 Å². The Morgan fingerprint density at radius 2 is 1.48 bits per heavy atom. The van der Waals surface area contributed by atoms with Gasteiger partial charge in [0.2, 0.25) is 5.91 Å². The number of allylic oxidation sites excluding steroid dienone is 1. The molecule has 0 bridgehead atoms. The van der Waals surface area contributed by atoms with Crippen LogP contribution in [0.2, 0.25) is 0 Å². The third-order valence-electron chi connectivity index (χ3n) is 4.76. The summed E-state index contributed by atoms with van der Waals surface area (Å²) in [4.78, 5) is 11.9. The first kappa shape index (κ1) is 26.0. The van der Waals surface area contributed by atoms with Crippen LogP contribution in [0.4, 0.5) is 0 Å². The van der Waals surface area contributed by atoms with Gasteiger partial charge in [-0.05, 0) is 25.2 Å². The maximum atomic E-state index is 11.9. The molecule has 0 saturated carbocycles. The highest BCUT2D eigenvalue weighted by molar-refractivity contribution is 6.43. The lowest BCUT2D eigenvalue weighted by molar-refractivity contribution is -0.120. The van der Waals surface area contributed by atoms with Gasteiger partial charge in [-0.3, -0.25) is 4.79 Å². The zero-order valence-corrected chi connectivity index (χ0v) is 17.9. The fraction of sp³-hybridized carbons (Fsp3) is 0.857. The van der Waals surface area contributed by atoms with Gasteiger partial charge >= 0.3 is 7.12 Å². The third kappa shape index (κ3) is 16.9. The first-order valence-electron chi connectivity index (χ1n) is 10.9. The molecule has 0 aromatic carbocycles. The van der Waals surface area contributed by atoms with Crippen molar-refractivity contribution in [2.45, 2.75) is 104 Å². The monoisotopic (exact) mass is 382 g/mol. The first-order valence-corrected chi connectivity index (χ1v) is 10.9. The number of nitrogens with one attached hydrogen (secondary N) is 2. The minimum atomic E-state index is -1.54. The highest BCUT2D eigenvalue weighted by Gasteiger charge is 2.25. The van der Waals surface area contributed by atoms with Crippen LogP contribution in [0.1, 0.15) is 97.8 Å². The molecule has 0 aromatic rings. The molecule has 0 saturated heterocycles. The number of amides is 1. The standard InChI is InChI=1S/C21H43BN2O3/c1-5-6-7-8-9-10-11-12-13-14-15-19(4)23-17-21(25)24-20(22(26)27)16-18(2)3/h18,20,23,26-27H,4-17H2,1-3H3,(H,24,25). The van der Waals surface area contributed by atoms with Crippen molar-refractivity contribution in [2.24, 2.45) is 5.92 Å². The second-order valence-electron chi connectivity index (χ2n) is 8.11. The summed E-state index contributed by atoms with van der Waals surface area (Å²) in [6.07, 6.45) is 14.4. The maximum absolute atomic E-state index is 11.9. The summed E-state index contributed by atoms with van der Waals surface area (Å²) in [5.74, 6) is -0.594. The van der Waals surface area contributed by atoms with E-state index >= 15 is 0 Å². The van der Waals surface area contributed by atoms with Crippen molar-refractivity contribution >= 4 is 13.0 Å². The van der Waals surface area contributed by atoms with E-state index in [1.165, 1.54) is 57.8 Å². The average molecular weight is 382 g/mol. The van der Waals surface area contributed by atoms with Gasteiger partial charge in [0.1, 0.15) is 0 Å². The fourth-order valence-electron chi connectivity index (χ4n) is 3.14. The molecule has 0 spiro atoms. The minimum absolute atomic E-state index is 0.123. The molecule has 0 aliphatic rings. The summed E-state index contributed by atoms with van der Waals surface area (Å²) in [5.41, 5.74) is 0.870. The zero-order valence-electron chi connectivity index (χ0n) is 17.9. The highest BCUT2D eigenvalue weighted by atomic mass is 16.4. The number of unbranched alkanes of at least 4 members (excludes halogenated alkanes) is 9. The van der Waals surface area contributed by atoms with Gasteiger partial charge in [-0.2, -0.15) is 0 Å². The van der Waals surface area contributed by atoms with E-state index in [9.17, 15) is 14.8 Å². The lowest BCUT2D eigenvalue weighted by atomic mass is 9.75. The predicted octanol–water partition coefficient (Wildman–Crippen LogP) is 3.94. The molecule has 0 aliphatic heterocycles. The van der Waals surface area contributed by atoms with Gasteiger partial charge in [-0.25, -0.2) is 0 Å². The lowest BCUT2D eigenvalue weighted by Crippen LogP contribution is -2.49. The molecular formula is C21H43BN2O3. The molecule has 158 valence electrons. The number of carbonyl (C=O) groups excluding carboxylic acids is 1. The molecule has 0 fully saturated rings. The van der Waals surface area contributed by atoms with Gasteiger partial charge < -0.3 is 20.7 Å². The topological polar surface area (TPSA) is 81.6 Å². The van der Waals surface area contributed by atoms with Gasteiger partial charge in [0, 0.05) is 5.70 Å². The van der Waals surface area contributed by atoms with Crippen molar-refractivity contribution in [3.63, 3.8) is 0 Å². The van der Waals surface area contributed by atoms with Gasteiger partial charge in [0.25, 0.3) is 0 Å². The van der Waals surface area contributed by atoms with Crippen molar-refractivity contribution in [3.05, 3.63) is 12.3 Å². The van der Waals surface area contributed by atoms with Crippen LogP contribution in [0.3, 0.4) is 0 Å².